The van der Waals surface area contributed by atoms with Gasteiger partial charge in [0, 0.05) is 11.8 Å². The highest BCUT2D eigenvalue weighted by molar-refractivity contribution is 5.95. The summed E-state index contributed by atoms with van der Waals surface area (Å²) >= 11 is 0. The van der Waals surface area contributed by atoms with Crippen molar-refractivity contribution >= 4 is 17.6 Å². The second-order valence-electron chi connectivity index (χ2n) is 5.32. The first kappa shape index (κ1) is 19.1. The summed E-state index contributed by atoms with van der Waals surface area (Å²) in [4.78, 5) is 23.9. The molecule has 0 aliphatic heterocycles. The minimum Gasteiger partial charge on any atom is -0.497 e. The van der Waals surface area contributed by atoms with Crippen molar-refractivity contribution in [3.8, 4) is 17.2 Å². The van der Waals surface area contributed by atoms with E-state index in [2.05, 4.69) is 5.32 Å². The molecule has 0 aliphatic rings. The van der Waals surface area contributed by atoms with Crippen LogP contribution in [0.5, 0.6) is 17.2 Å². The summed E-state index contributed by atoms with van der Waals surface area (Å²) in [5.41, 5.74) is 0.548. The Labute approximate surface area is 151 Å². The van der Waals surface area contributed by atoms with Crippen molar-refractivity contribution in [3.63, 3.8) is 0 Å². The molecular formula is C19H21NO6. The van der Waals surface area contributed by atoms with E-state index in [1.165, 1.54) is 14.0 Å². The Balaban J connectivity index is 1.80. The van der Waals surface area contributed by atoms with Gasteiger partial charge in [0.25, 0.3) is 5.91 Å². The van der Waals surface area contributed by atoms with Crippen LogP contribution in [0.1, 0.15) is 6.92 Å². The molecule has 2 aromatic carbocycles. The normalized spacial score (nSPS) is 11.2. The molecule has 7 nitrogen and oxygen atoms in total. The monoisotopic (exact) mass is 359 g/mol. The second-order valence-corrected chi connectivity index (χ2v) is 5.32. The Morgan fingerprint density at radius 1 is 0.962 bits per heavy atom. The number of nitrogens with one attached hydrogen (secondary N) is 1. The number of hydrogen-bond donors (Lipinski definition) is 1. The molecule has 2 aromatic rings. The Bertz CT molecular complexity index is 744. The van der Waals surface area contributed by atoms with Crippen molar-refractivity contribution in [2.45, 2.75) is 13.0 Å². The largest absolute Gasteiger partial charge is 0.497 e. The molecular weight excluding hydrogens is 338 g/mol. The third kappa shape index (κ3) is 5.70. The predicted molar refractivity (Wildman–Crippen MR) is 95.7 cm³/mol. The average Bonchev–Trinajstić information content (AvgIpc) is 2.66. The standard InChI is InChI=1S/C19H21NO6/c1-13(19(22)20-14-5-4-6-17(11-14)24-3)26-18(21)12-25-16-9-7-15(23-2)8-10-16/h4-11,13H,12H2,1-3H3,(H,20,22)/t13-/m1/s1. The van der Waals surface area contributed by atoms with Crippen LogP contribution in [-0.2, 0) is 14.3 Å². The third-order valence-corrected chi connectivity index (χ3v) is 3.43. The zero-order valence-electron chi connectivity index (χ0n) is 14.9. The molecule has 0 heterocycles. The van der Waals surface area contributed by atoms with E-state index in [1.54, 1.807) is 55.6 Å². The van der Waals surface area contributed by atoms with Crippen molar-refractivity contribution in [1.29, 1.82) is 0 Å². The fourth-order valence-electron chi connectivity index (χ4n) is 2.04. The van der Waals surface area contributed by atoms with Gasteiger partial charge in [-0.15, -0.1) is 0 Å². The summed E-state index contributed by atoms with van der Waals surface area (Å²) in [5.74, 6) is 0.699. The summed E-state index contributed by atoms with van der Waals surface area (Å²) in [5, 5.41) is 2.66. The molecule has 0 unspecified atom stereocenters. The maximum Gasteiger partial charge on any atom is 0.344 e. The first-order valence-corrected chi connectivity index (χ1v) is 7.93. The highest BCUT2D eigenvalue weighted by Crippen LogP contribution is 2.18. The zero-order valence-corrected chi connectivity index (χ0v) is 14.9. The number of anilines is 1. The molecule has 0 aliphatic carbocycles. The molecule has 7 heteroatoms. The van der Waals surface area contributed by atoms with Crippen LogP contribution in [0.4, 0.5) is 5.69 Å². The van der Waals surface area contributed by atoms with Crippen LogP contribution >= 0.6 is 0 Å². The lowest BCUT2D eigenvalue weighted by Crippen LogP contribution is -2.31. The van der Waals surface area contributed by atoms with Gasteiger partial charge in [-0.2, -0.15) is 0 Å². The summed E-state index contributed by atoms with van der Waals surface area (Å²) in [6.07, 6.45) is -0.965. The van der Waals surface area contributed by atoms with Gasteiger partial charge in [-0.25, -0.2) is 4.79 Å². The summed E-state index contributed by atoms with van der Waals surface area (Å²) in [6.45, 7) is 1.18. The fourth-order valence-corrected chi connectivity index (χ4v) is 2.04. The molecule has 2 rings (SSSR count). The van der Waals surface area contributed by atoms with Crippen molar-refractivity contribution in [2.24, 2.45) is 0 Å². The molecule has 138 valence electrons. The first-order chi connectivity index (χ1) is 12.5. The van der Waals surface area contributed by atoms with Gasteiger partial charge in [0.05, 0.1) is 14.2 Å². The van der Waals surface area contributed by atoms with Crippen LogP contribution in [0.15, 0.2) is 48.5 Å². The number of hydrogen-bond acceptors (Lipinski definition) is 6. The topological polar surface area (TPSA) is 83.1 Å². The lowest BCUT2D eigenvalue weighted by molar-refractivity contribution is -0.155. The van der Waals surface area contributed by atoms with Crippen LogP contribution < -0.4 is 19.5 Å². The van der Waals surface area contributed by atoms with Gasteiger partial charge < -0.3 is 24.3 Å². The van der Waals surface area contributed by atoms with Crippen molar-refractivity contribution < 1.29 is 28.5 Å². The molecule has 0 bridgehead atoms. The number of esters is 1. The van der Waals surface area contributed by atoms with Gasteiger partial charge in [0.2, 0.25) is 0 Å². The summed E-state index contributed by atoms with van der Waals surface area (Å²) < 4.78 is 20.5. The van der Waals surface area contributed by atoms with Crippen LogP contribution in [-0.4, -0.2) is 38.8 Å². The van der Waals surface area contributed by atoms with E-state index >= 15 is 0 Å². The van der Waals surface area contributed by atoms with Gasteiger partial charge in [0.1, 0.15) is 17.2 Å². The maximum atomic E-state index is 12.1. The zero-order chi connectivity index (χ0) is 18.9. The molecule has 0 radical (unpaired) electrons. The van der Waals surface area contributed by atoms with Crippen LogP contribution in [0.3, 0.4) is 0 Å². The highest BCUT2D eigenvalue weighted by atomic mass is 16.6. The number of benzene rings is 2. The van der Waals surface area contributed by atoms with Gasteiger partial charge >= 0.3 is 5.97 Å². The van der Waals surface area contributed by atoms with Gasteiger partial charge in [-0.3, -0.25) is 4.79 Å². The first-order valence-electron chi connectivity index (χ1n) is 7.93. The smallest absolute Gasteiger partial charge is 0.344 e. The van der Waals surface area contributed by atoms with Gasteiger partial charge in [-0.1, -0.05) is 6.07 Å². The minimum absolute atomic E-state index is 0.302. The molecule has 1 amide bonds. The number of rotatable bonds is 8. The quantitative estimate of drug-likeness (QED) is 0.730. The van der Waals surface area contributed by atoms with Gasteiger partial charge in [0.15, 0.2) is 12.7 Å². The SMILES string of the molecule is COc1ccc(OCC(=O)O[C@H](C)C(=O)Nc2cccc(OC)c2)cc1. The molecule has 0 fully saturated rings. The Morgan fingerprint density at radius 3 is 2.27 bits per heavy atom. The number of carbonyl (C=O) groups excluding carboxylic acids is 2. The molecule has 1 atom stereocenters. The molecule has 0 aromatic heterocycles. The lowest BCUT2D eigenvalue weighted by atomic mass is 10.3. The number of carbonyl (C=O) groups is 2. The molecule has 0 saturated heterocycles. The van der Waals surface area contributed by atoms with E-state index in [0.29, 0.717) is 22.9 Å². The van der Waals surface area contributed by atoms with Crippen LogP contribution in [0.2, 0.25) is 0 Å². The molecule has 0 saturated carbocycles. The number of amides is 1. The molecule has 0 spiro atoms. The van der Waals surface area contributed by atoms with Crippen molar-refractivity contribution in [1.82, 2.24) is 0 Å². The van der Waals surface area contributed by atoms with E-state index in [4.69, 9.17) is 18.9 Å². The Kier molecular flexibility index (Phi) is 6.84. The van der Waals surface area contributed by atoms with E-state index in [0.717, 1.165) is 0 Å². The molecule has 26 heavy (non-hydrogen) atoms. The minimum atomic E-state index is -0.965. The lowest BCUT2D eigenvalue weighted by Gasteiger charge is -2.14. The van der Waals surface area contributed by atoms with Crippen LogP contribution in [0.25, 0.3) is 0 Å². The highest BCUT2D eigenvalue weighted by Gasteiger charge is 2.18. The summed E-state index contributed by atoms with van der Waals surface area (Å²) in [7, 11) is 3.10. The fraction of sp³-hybridized carbons (Fsp3) is 0.263. The Morgan fingerprint density at radius 2 is 1.62 bits per heavy atom. The van der Waals surface area contributed by atoms with Crippen molar-refractivity contribution in [3.05, 3.63) is 48.5 Å². The predicted octanol–water partition coefficient (Wildman–Crippen LogP) is 2.65. The van der Waals surface area contributed by atoms with E-state index in [1.807, 2.05) is 0 Å². The second kappa shape index (κ2) is 9.31. The van der Waals surface area contributed by atoms with Gasteiger partial charge in [-0.05, 0) is 43.3 Å². The maximum absolute atomic E-state index is 12.1. The molecule has 1 N–H and O–H groups in total. The van der Waals surface area contributed by atoms with E-state index in [-0.39, 0.29) is 6.61 Å². The Hall–Kier alpha value is -3.22. The van der Waals surface area contributed by atoms with Crippen molar-refractivity contribution in [2.75, 3.05) is 26.1 Å². The van der Waals surface area contributed by atoms with Crippen LogP contribution in [0, 0.1) is 0 Å². The average molecular weight is 359 g/mol. The summed E-state index contributed by atoms with van der Waals surface area (Å²) in [6, 6.07) is 13.6. The number of ether oxygens (including phenoxy) is 4. The third-order valence-electron chi connectivity index (χ3n) is 3.43. The van der Waals surface area contributed by atoms with E-state index < -0.39 is 18.0 Å². The number of methoxy groups -OCH3 is 2. The van der Waals surface area contributed by atoms with E-state index in [9.17, 15) is 9.59 Å².